The van der Waals surface area contributed by atoms with Crippen molar-refractivity contribution in [3.05, 3.63) is 12.2 Å². The van der Waals surface area contributed by atoms with Crippen LogP contribution in [0.5, 0.6) is 0 Å². The maximum absolute atomic E-state index is 9.93. The SMILES string of the molecule is C/C=C/CCCCCCCCCCCCCOC[C@H](O)[C@H]1OC[C@@H](O)[C@H]1O. The third kappa shape index (κ3) is 11.9. The minimum Gasteiger partial charge on any atom is -0.388 e. The smallest absolute Gasteiger partial charge is 0.114 e. The number of unbranched alkanes of at least 4 members (excludes halogenated alkanes) is 11. The molecule has 1 aliphatic heterocycles. The van der Waals surface area contributed by atoms with Gasteiger partial charge in [0.2, 0.25) is 0 Å². The number of allylic oxidation sites excluding steroid dienone is 2. The van der Waals surface area contributed by atoms with Gasteiger partial charge in [-0.15, -0.1) is 0 Å². The van der Waals surface area contributed by atoms with E-state index in [2.05, 4.69) is 19.1 Å². The monoisotopic (exact) mass is 386 g/mol. The number of hydrogen-bond acceptors (Lipinski definition) is 5. The molecule has 0 aromatic carbocycles. The van der Waals surface area contributed by atoms with Gasteiger partial charge < -0.3 is 24.8 Å². The maximum atomic E-state index is 9.93. The van der Waals surface area contributed by atoms with Gasteiger partial charge in [-0.25, -0.2) is 0 Å². The largest absolute Gasteiger partial charge is 0.388 e. The summed E-state index contributed by atoms with van der Waals surface area (Å²) < 4.78 is 10.7. The Hall–Kier alpha value is -0.460. The molecule has 5 nitrogen and oxygen atoms in total. The van der Waals surface area contributed by atoms with Gasteiger partial charge in [-0.2, -0.15) is 0 Å². The van der Waals surface area contributed by atoms with Crippen LogP contribution in [0, 0.1) is 0 Å². The third-order valence-electron chi connectivity index (χ3n) is 5.25. The topological polar surface area (TPSA) is 79.2 Å². The molecule has 0 unspecified atom stereocenters. The number of hydrogen-bond donors (Lipinski definition) is 3. The first-order chi connectivity index (χ1) is 13.2. The van der Waals surface area contributed by atoms with E-state index in [4.69, 9.17) is 9.47 Å². The Bertz CT molecular complexity index is 361. The van der Waals surface area contributed by atoms with Gasteiger partial charge in [-0.1, -0.05) is 69.9 Å². The van der Waals surface area contributed by atoms with Gasteiger partial charge in [0.1, 0.15) is 24.4 Å². The van der Waals surface area contributed by atoms with Crippen LogP contribution in [-0.2, 0) is 9.47 Å². The lowest BCUT2D eigenvalue weighted by Gasteiger charge is -2.20. The summed E-state index contributed by atoms with van der Waals surface area (Å²) in [5, 5.41) is 29.0. The Morgan fingerprint density at radius 2 is 1.48 bits per heavy atom. The summed E-state index contributed by atoms with van der Waals surface area (Å²) in [6.45, 7) is 2.92. The standard InChI is InChI=1S/C22H42O5/c1-2-3-4-5-6-7-8-9-10-11-12-13-14-15-16-26-17-20(24)22-21(25)19(23)18-27-22/h2-3,19-25H,4-18H2,1H3/b3-2+/t19-,20+,21-,22-/m1/s1. The van der Waals surface area contributed by atoms with Crippen LogP contribution < -0.4 is 0 Å². The van der Waals surface area contributed by atoms with Gasteiger partial charge in [0.15, 0.2) is 0 Å². The number of ether oxygens (including phenoxy) is 2. The molecule has 3 N–H and O–H groups in total. The average Bonchev–Trinajstić information content (AvgIpc) is 3.00. The summed E-state index contributed by atoms with van der Waals surface area (Å²) in [5.74, 6) is 0. The van der Waals surface area contributed by atoms with Crippen molar-refractivity contribution in [1.29, 1.82) is 0 Å². The number of rotatable bonds is 17. The molecule has 1 rings (SSSR count). The fourth-order valence-corrected chi connectivity index (χ4v) is 3.49. The Morgan fingerprint density at radius 3 is 2.00 bits per heavy atom. The molecule has 1 aliphatic rings. The molecule has 0 spiro atoms. The van der Waals surface area contributed by atoms with Crippen LogP contribution in [0.3, 0.4) is 0 Å². The summed E-state index contributed by atoms with van der Waals surface area (Å²) in [4.78, 5) is 0. The van der Waals surface area contributed by atoms with Crippen molar-refractivity contribution < 1.29 is 24.8 Å². The second kappa shape index (κ2) is 16.5. The van der Waals surface area contributed by atoms with Crippen LogP contribution >= 0.6 is 0 Å². The zero-order valence-electron chi connectivity index (χ0n) is 17.2. The molecule has 0 saturated carbocycles. The summed E-state index contributed by atoms with van der Waals surface area (Å²) >= 11 is 0. The lowest BCUT2D eigenvalue weighted by atomic mass is 10.1. The highest BCUT2D eigenvalue weighted by Gasteiger charge is 2.39. The quantitative estimate of drug-likeness (QED) is 0.262. The minimum absolute atomic E-state index is 0.0689. The zero-order valence-corrected chi connectivity index (χ0v) is 17.2. The summed E-state index contributed by atoms with van der Waals surface area (Å²) in [6.07, 6.45) is 16.3. The molecule has 1 saturated heterocycles. The summed E-state index contributed by atoms with van der Waals surface area (Å²) in [7, 11) is 0. The molecule has 4 atom stereocenters. The Kier molecular flexibility index (Phi) is 15.0. The summed E-state index contributed by atoms with van der Waals surface area (Å²) in [6, 6.07) is 0. The Balaban J connectivity index is 1.78. The molecule has 5 heteroatoms. The van der Waals surface area contributed by atoms with E-state index >= 15 is 0 Å². The minimum atomic E-state index is -1.03. The molecule has 1 fully saturated rings. The Labute approximate surface area is 165 Å². The first-order valence-electron chi connectivity index (χ1n) is 11.0. The molecule has 0 amide bonds. The highest BCUT2D eigenvalue weighted by molar-refractivity contribution is 4.87. The van der Waals surface area contributed by atoms with E-state index in [1.54, 1.807) is 0 Å². The van der Waals surface area contributed by atoms with Crippen LogP contribution in [0.2, 0.25) is 0 Å². The average molecular weight is 387 g/mol. The Morgan fingerprint density at radius 1 is 0.926 bits per heavy atom. The number of aliphatic hydroxyl groups is 3. The van der Waals surface area contributed by atoms with Gasteiger partial charge in [0, 0.05) is 6.61 Å². The fraction of sp³-hybridized carbons (Fsp3) is 0.909. The van der Waals surface area contributed by atoms with E-state index in [1.807, 2.05) is 0 Å². The highest BCUT2D eigenvalue weighted by Crippen LogP contribution is 2.18. The van der Waals surface area contributed by atoms with Crippen molar-refractivity contribution in [1.82, 2.24) is 0 Å². The van der Waals surface area contributed by atoms with Gasteiger partial charge in [-0.05, 0) is 26.2 Å². The van der Waals surface area contributed by atoms with Crippen LogP contribution in [0.15, 0.2) is 12.2 Å². The van der Waals surface area contributed by atoms with Gasteiger partial charge in [0.05, 0.1) is 13.2 Å². The number of aliphatic hydroxyl groups excluding tert-OH is 3. The van der Waals surface area contributed by atoms with Crippen molar-refractivity contribution in [2.75, 3.05) is 19.8 Å². The van der Waals surface area contributed by atoms with Gasteiger partial charge >= 0.3 is 0 Å². The van der Waals surface area contributed by atoms with E-state index in [-0.39, 0.29) is 13.2 Å². The van der Waals surface area contributed by atoms with E-state index in [1.165, 1.54) is 64.2 Å². The second-order valence-corrected chi connectivity index (χ2v) is 7.74. The molecule has 0 aromatic rings. The van der Waals surface area contributed by atoms with Crippen LogP contribution in [0.25, 0.3) is 0 Å². The molecular formula is C22H42O5. The van der Waals surface area contributed by atoms with E-state index < -0.39 is 24.4 Å². The lowest BCUT2D eigenvalue weighted by Crippen LogP contribution is -2.40. The predicted octanol–water partition coefficient (Wildman–Crippen LogP) is 3.74. The van der Waals surface area contributed by atoms with Gasteiger partial charge in [-0.3, -0.25) is 0 Å². The van der Waals surface area contributed by atoms with E-state index in [0.29, 0.717) is 6.61 Å². The zero-order chi connectivity index (χ0) is 19.7. The van der Waals surface area contributed by atoms with Crippen LogP contribution in [0.4, 0.5) is 0 Å². The van der Waals surface area contributed by atoms with Crippen molar-refractivity contribution in [3.8, 4) is 0 Å². The van der Waals surface area contributed by atoms with E-state index in [9.17, 15) is 15.3 Å². The first-order valence-corrected chi connectivity index (χ1v) is 11.0. The molecule has 0 radical (unpaired) electrons. The van der Waals surface area contributed by atoms with Crippen molar-refractivity contribution >= 4 is 0 Å². The van der Waals surface area contributed by atoms with Crippen LogP contribution in [0.1, 0.15) is 84.0 Å². The molecule has 27 heavy (non-hydrogen) atoms. The maximum Gasteiger partial charge on any atom is 0.114 e. The molecule has 0 bridgehead atoms. The molecule has 0 aliphatic carbocycles. The van der Waals surface area contributed by atoms with E-state index in [0.717, 1.165) is 12.8 Å². The van der Waals surface area contributed by atoms with Gasteiger partial charge in [0.25, 0.3) is 0 Å². The highest BCUT2D eigenvalue weighted by atomic mass is 16.5. The van der Waals surface area contributed by atoms with Crippen molar-refractivity contribution in [3.63, 3.8) is 0 Å². The molecule has 1 heterocycles. The summed E-state index contributed by atoms with van der Waals surface area (Å²) in [5.41, 5.74) is 0. The normalized spacial score (nSPS) is 24.1. The third-order valence-corrected chi connectivity index (χ3v) is 5.25. The molecule has 160 valence electrons. The second-order valence-electron chi connectivity index (χ2n) is 7.74. The fourth-order valence-electron chi connectivity index (χ4n) is 3.49. The predicted molar refractivity (Wildman–Crippen MR) is 109 cm³/mol. The molecule has 0 aromatic heterocycles. The lowest BCUT2D eigenvalue weighted by molar-refractivity contribution is -0.0813. The van der Waals surface area contributed by atoms with Crippen molar-refractivity contribution in [2.45, 2.75) is 108 Å². The van der Waals surface area contributed by atoms with Crippen LogP contribution in [-0.4, -0.2) is 59.6 Å². The molecular weight excluding hydrogens is 344 g/mol. The van der Waals surface area contributed by atoms with Crippen molar-refractivity contribution in [2.24, 2.45) is 0 Å². The first kappa shape index (κ1) is 24.6.